The van der Waals surface area contributed by atoms with Crippen LogP contribution in [0.2, 0.25) is 0 Å². The molecule has 15 heavy (non-hydrogen) atoms. The standard InChI is InChI=1S/C11H15FN2O/c1-3-14(11(15)8-13-2)10-6-4-5-9(12)7-10/h4-7,13H,3,8H2,1-2H3. The van der Waals surface area contributed by atoms with E-state index in [2.05, 4.69) is 5.32 Å². The fourth-order valence-corrected chi connectivity index (χ4v) is 1.39. The van der Waals surface area contributed by atoms with Gasteiger partial charge in [0, 0.05) is 12.2 Å². The molecule has 0 radical (unpaired) electrons. The molecule has 1 rings (SSSR count). The van der Waals surface area contributed by atoms with Crippen LogP contribution in [0.5, 0.6) is 0 Å². The maximum atomic E-state index is 13.0. The molecule has 0 aliphatic carbocycles. The molecule has 1 aromatic rings. The number of carbonyl (C=O) groups excluding carboxylic acids is 1. The van der Waals surface area contributed by atoms with E-state index >= 15 is 0 Å². The lowest BCUT2D eigenvalue weighted by atomic mass is 10.2. The number of rotatable bonds is 4. The van der Waals surface area contributed by atoms with Gasteiger partial charge in [-0.3, -0.25) is 4.79 Å². The molecule has 3 nitrogen and oxygen atoms in total. The number of hydrogen-bond donors (Lipinski definition) is 1. The lowest BCUT2D eigenvalue weighted by Gasteiger charge is -2.20. The van der Waals surface area contributed by atoms with Crippen molar-refractivity contribution in [2.24, 2.45) is 0 Å². The zero-order valence-electron chi connectivity index (χ0n) is 8.96. The van der Waals surface area contributed by atoms with Gasteiger partial charge in [0.2, 0.25) is 5.91 Å². The number of benzene rings is 1. The van der Waals surface area contributed by atoms with E-state index in [0.29, 0.717) is 12.2 Å². The van der Waals surface area contributed by atoms with E-state index in [9.17, 15) is 9.18 Å². The Morgan fingerprint density at radius 3 is 2.80 bits per heavy atom. The molecular weight excluding hydrogens is 195 g/mol. The summed E-state index contributed by atoms with van der Waals surface area (Å²) in [5.74, 6) is -0.395. The molecule has 0 fully saturated rings. The third-order valence-electron chi connectivity index (χ3n) is 2.07. The first-order valence-electron chi connectivity index (χ1n) is 4.89. The summed E-state index contributed by atoms with van der Waals surface area (Å²) in [5, 5.41) is 2.78. The highest BCUT2D eigenvalue weighted by Gasteiger charge is 2.12. The normalized spacial score (nSPS) is 10.1. The van der Waals surface area contributed by atoms with Gasteiger partial charge in [-0.15, -0.1) is 0 Å². The van der Waals surface area contributed by atoms with Gasteiger partial charge in [0.15, 0.2) is 0 Å². The predicted octanol–water partition coefficient (Wildman–Crippen LogP) is 1.40. The molecule has 0 bridgehead atoms. The summed E-state index contributed by atoms with van der Waals surface area (Å²) in [5.41, 5.74) is 0.595. The molecule has 4 heteroatoms. The van der Waals surface area contributed by atoms with Crippen LogP contribution >= 0.6 is 0 Å². The first-order chi connectivity index (χ1) is 7.19. The molecule has 82 valence electrons. The zero-order chi connectivity index (χ0) is 11.3. The molecule has 0 spiro atoms. The largest absolute Gasteiger partial charge is 0.311 e. The Labute approximate surface area is 88.9 Å². The van der Waals surface area contributed by atoms with Gasteiger partial charge in [0.1, 0.15) is 5.82 Å². The van der Waals surface area contributed by atoms with Crippen molar-refractivity contribution in [1.82, 2.24) is 5.32 Å². The van der Waals surface area contributed by atoms with Crippen LogP contribution in [0.4, 0.5) is 10.1 Å². The average Bonchev–Trinajstić information content (AvgIpc) is 2.19. The molecule has 0 aliphatic heterocycles. The van der Waals surface area contributed by atoms with Crippen LogP contribution in [0.1, 0.15) is 6.92 Å². The summed E-state index contributed by atoms with van der Waals surface area (Å²) in [7, 11) is 1.71. The number of nitrogens with one attached hydrogen (secondary N) is 1. The monoisotopic (exact) mass is 210 g/mol. The maximum Gasteiger partial charge on any atom is 0.240 e. The molecule has 0 unspecified atom stereocenters. The summed E-state index contributed by atoms with van der Waals surface area (Å²) in [6, 6.07) is 6.04. The van der Waals surface area contributed by atoms with E-state index in [0.717, 1.165) is 0 Å². The number of carbonyl (C=O) groups is 1. The second-order valence-corrected chi connectivity index (χ2v) is 3.15. The van der Waals surface area contributed by atoms with Crippen molar-refractivity contribution in [2.75, 3.05) is 25.0 Å². The van der Waals surface area contributed by atoms with Crippen LogP contribution < -0.4 is 10.2 Å². The molecule has 1 amide bonds. The summed E-state index contributed by atoms with van der Waals surface area (Å²) in [6.07, 6.45) is 0. The van der Waals surface area contributed by atoms with Gasteiger partial charge < -0.3 is 10.2 Å². The predicted molar refractivity (Wildman–Crippen MR) is 58.4 cm³/mol. The first-order valence-corrected chi connectivity index (χ1v) is 4.89. The van der Waals surface area contributed by atoms with Gasteiger partial charge in [-0.25, -0.2) is 4.39 Å². The Bertz CT molecular complexity index is 341. The van der Waals surface area contributed by atoms with Crippen molar-refractivity contribution in [2.45, 2.75) is 6.92 Å². The van der Waals surface area contributed by atoms with Crippen molar-refractivity contribution >= 4 is 11.6 Å². The Morgan fingerprint density at radius 2 is 2.27 bits per heavy atom. The van der Waals surface area contributed by atoms with Crippen LogP contribution in [-0.4, -0.2) is 26.0 Å². The van der Waals surface area contributed by atoms with E-state index in [1.54, 1.807) is 24.1 Å². The second-order valence-electron chi connectivity index (χ2n) is 3.15. The number of amides is 1. The number of hydrogen-bond acceptors (Lipinski definition) is 2. The minimum Gasteiger partial charge on any atom is -0.311 e. The summed E-state index contributed by atoms with van der Waals surface area (Å²) in [6.45, 7) is 2.65. The first kappa shape index (κ1) is 11.7. The number of anilines is 1. The van der Waals surface area contributed by atoms with Gasteiger partial charge in [-0.2, -0.15) is 0 Å². The van der Waals surface area contributed by atoms with Gasteiger partial charge in [0.05, 0.1) is 6.54 Å². The molecule has 0 heterocycles. The topological polar surface area (TPSA) is 32.3 Å². The third-order valence-corrected chi connectivity index (χ3v) is 2.07. The number of likely N-dealkylation sites (N-methyl/N-ethyl adjacent to an activating group) is 2. The van der Waals surface area contributed by atoms with Crippen molar-refractivity contribution in [3.63, 3.8) is 0 Å². The Balaban J connectivity index is 2.87. The molecule has 0 aromatic heterocycles. The average molecular weight is 210 g/mol. The summed E-state index contributed by atoms with van der Waals surface area (Å²) >= 11 is 0. The van der Waals surface area contributed by atoms with Crippen molar-refractivity contribution in [1.29, 1.82) is 0 Å². The minimum atomic E-state index is -0.330. The van der Waals surface area contributed by atoms with Crippen molar-refractivity contribution < 1.29 is 9.18 Å². The van der Waals surface area contributed by atoms with E-state index in [-0.39, 0.29) is 18.3 Å². The van der Waals surface area contributed by atoms with Gasteiger partial charge >= 0.3 is 0 Å². The fourth-order valence-electron chi connectivity index (χ4n) is 1.39. The zero-order valence-corrected chi connectivity index (χ0v) is 8.96. The van der Waals surface area contributed by atoms with Crippen LogP contribution in [0.25, 0.3) is 0 Å². The molecular formula is C11H15FN2O. The molecule has 0 aliphatic rings. The van der Waals surface area contributed by atoms with Crippen LogP contribution in [-0.2, 0) is 4.79 Å². The summed E-state index contributed by atoms with van der Waals surface area (Å²) in [4.78, 5) is 13.2. The van der Waals surface area contributed by atoms with E-state index in [4.69, 9.17) is 0 Å². The SMILES string of the molecule is CCN(C(=O)CNC)c1cccc(F)c1. The fraction of sp³-hybridized carbons (Fsp3) is 0.364. The van der Waals surface area contributed by atoms with Gasteiger partial charge in [0.25, 0.3) is 0 Å². The quantitative estimate of drug-likeness (QED) is 0.814. The molecule has 0 saturated carbocycles. The van der Waals surface area contributed by atoms with E-state index in [1.807, 2.05) is 6.92 Å². The van der Waals surface area contributed by atoms with Crippen molar-refractivity contribution in [3.8, 4) is 0 Å². The smallest absolute Gasteiger partial charge is 0.240 e. The third kappa shape index (κ3) is 3.02. The summed E-state index contributed by atoms with van der Waals surface area (Å²) < 4.78 is 13.0. The second kappa shape index (κ2) is 5.46. The van der Waals surface area contributed by atoms with E-state index in [1.165, 1.54) is 12.1 Å². The van der Waals surface area contributed by atoms with Gasteiger partial charge in [-0.1, -0.05) is 6.07 Å². The minimum absolute atomic E-state index is 0.0643. The lowest BCUT2D eigenvalue weighted by Crippen LogP contribution is -2.37. The van der Waals surface area contributed by atoms with Gasteiger partial charge in [-0.05, 0) is 32.2 Å². The van der Waals surface area contributed by atoms with Crippen LogP contribution in [0.3, 0.4) is 0 Å². The molecule has 0 atom stereocenters. The lowest BCUT2D eigenvalue weighted by molar-refractivity contribution is -0.117. The van der Waals surface area contributed by atoms with E-state index < -0.39 is 0 Å². The maximum absolute atomic E-state index is 13.0. The number of nitrogens with zero attached hydrogens (tertiary/aromatic N) is 1. The van der Waals surface area contributed by atoms with Crippen LogP contribution in [0.15, 0.2) is 24.3 Å². The Morgan fingerprint density at radius 1 is 1.53 bits per heavy atom. The highest BCUT2D eigenvalue weighted by molar-refractivity contribution is 5.94. The molecule has 0 saturated heterocycles. The highest BCUT2D eigenvalue weighted by Crippen LogP contribution is 2.15. The van der Waals surface area contributed by atoms with Crippen molar-refractivity contribution in [3.05, 3.63) is 30.1 Å². The highest BCUT2D eigenvalue weighted by atomic mass is 19.1. The number of halogens is 1. The molecule has 1 N–H and O–H groups in total. The Hall–Kier alpha value is -1.42. The Kier molecular flexibility index (Phi) is 4.24. The van der Waals surface area contributed by atoms with Crippen LogP contribution in [0, 0.1) is 5.82 Å². The molecule has 1 aromatic carbocycles.